The maximum Gasteiger partial charge on any atom is 1.00 e. The third kappa shape index (κ3) is 2.85. The fourth-order valence-electron chi connectivity index (χ4n) is 0.715. The van der Waals surface area contributed by atoms with Gasteiger partial charge in [0.2, 0.25) is 0 Å². The van der Waals surface area contributed by atoms with Gasteiger partial charge in [0.25, 0.3) is 0 Å². The second kappa shape index (κ2) is 5.19. The first kappa shape index (κ1) is 11.5. The number of phenols is 1. The molecule has 1 rings (SSSR count). The Kier molecular flexibility index (Phi) is 4.97. The molecule has 0 spiro atoms. The molecule has 1 aromatic carbocycles. The molecule has 0 saturated heterocycles. The fraction of sp³-hybridized carbons (Fsp3) is 0.125. The second-order valence-electron chi connectivity index (χ2n) is 2.04. The van der Waals surface area contributed by atoms with Crippen LogP contribution in [0.5, 0.6) is 5.75 Å². The Balaban J connectivity index is 0. The normalized spacial score (nSPS) is 8.42. The van der Waals surface area contributed by atoms with Crippen molar-refractivity contribution in [3.63, 3.8) is 0 Å². The molecule has 0 saturated carbocycles. The van der Waals surface area contributed by atoms with Crippen LogP contribution in [0.2, 0.25) is 0 Å². The van der Waals surface area contributed by atoms with Crippen molar-refractivity contribution in [2.75, 3.05) is 7.11 Å². The summed E-state index contributed by atoms with van der Waals surface area (Å²) in [5, 5.41) is 8.86. The number of aromatic hydroxyl groups is 1. The van der Waals surface area contributed by atoms with Crippen LogP contribution in [0.1, 0.15) is 11.8 Å². The zero-order chi connectivity index (χ0) is 8.27. The molecule has 0 bridgehead atoms. The van der Waals surface area contributed by atoms with Crippen molar-refractivity contribution in [3.8, 4) is 5.75 Å². The summed E-state index contributed by atoms with van der Waals surface area (Å²) < 4.78 is 4.46. The van der Waals surface area contributed by atoms with Gasteiger partial charge >= 0.3 is 35.5 Å². The molecule has 0 radical (unpaired) electrons. The SMILES string of the molecule is COC(=O)c1ccc(O)cc1.[H-].[Na+]. The topological polar surface area (TPSA) is 46.5 Å². The van der Waals surface area contributed by atoms with Crippen LogP contribution in [0.3, 0.4) is 0 Å². The smallest absolute Gasteiger partial charge is 1.00 e. The zero-order valence-electron chi connectivity index (χ0n) is 8.07. The van der Waals surface area contributed by atoms with Gasteiger partial charge in [-0.25, -0.2) is 4.79 Å². The van der Waals surface area contributed by atoms with E-state index in [0.29, 0.717) is 5.56 Å². The van der Waals surface area contributed by atoms with Gasteiger partial charge < -0.3 is 11.3 Å². The van der Waals surface area contributed by atoms with E-state index in [2.05, 4.69) is 4.74 Å². The number of rotatable bonds is 1. The monoisotopic (exact) mass is 176 g/mol. The zero-order valence-corrected chi connectivity index (χ0v) is 9.07. The number of carbonyl (C=O) groups excluding carboxylic acids is 1. The third-order valence-corrected chi connectivity index (χ3v) is 1.29. The number of methoxy groups -OCH3 is 1. The minimum absolute atomic E-state index is 0. The molecule has 0 fully saturated rings. The molecular weight excluding hydrogens is 167 g/mol. The van der Waals surface area contributed by atoms with Gasteiger partial charge in [-0.15, -0.1) is 0 Å². The summed E-state index contributed by atoms with van der Waals surface area (Å²) in [5.74, 6) is -0.261. The number of benzene rings is 1. The number of hydrogen-bond donors (Lipinski definition) is 1. The van der Waals surface area contributed by atoms with E-state index in [4.69, 9.17) is 5.11 Å². The summed E-state index contributed by atoms with van der Waals surface area (Å²) in [6.45, 7) is 0. The summed E-state index contributed by atoms with van der Waals surface area (Å²) in [6, 6.07) is 5.88. The van der Waals surface area contributed by atoms with Crippen LogP contribution in [0.25, 0.3) is 0 Å². The standard InChI is InChI=1S/C8H8O3.Na.H/c1-11-8(10)6-2-4-7(9)5-3-6;;/h2-5,9H,1H3;;/q;+1;-1. The van der Waals surface area contributed by atoms with E-state index >= 15 is 0 Å². The largest absolute Gasteiger partial charge is 1.00 e. The number of esters is 1. The van der Waals surface area contributed by atoms with E-state index in [-0.39, 0.29) is 36.7 Å². The van der Waals surface area contributed by atoms with Crippen LogP contribution >= 0.6 is 0 Å². The van der Waals surface area contributed by atoms with Crippen LogP contribution in [0, 0.1) is 0 Å². The maximum atomic E-state index is 10.8. The number of ether oxygens (including phenoxy) is 1. The van der Waals surface area contributed by atoms with Gasteiger partial charge in [-0.1, -0.05) is 0 Å². The van der Waals surface area contributed by atoms with Crippen molar-refractivity contribution < 1.29 is 45.6 Å². The predicted octanol–water partition coefficient (Wildman–Crippen LogP) is -1.70. The third-order valence-electron chi connectivity index (χ3n) is 1.29. The van der Waals surface area contributed by atoms with E-state index < -0.39 is 5.97 Å². The summed E-state index contributed by atoms with van der Waals surface area (Å²) in [5.41, 5.74) is 0.435. The summed E-state index contributed by atoms with van der Waals surface area (Å²) >= 11 is 0. The van der Waals surface area contributed by atoms with E-state index in [1.165, 1.54) is 31.4 Å². The Morgan fingerprint density at radius 2 is 1.92 bits per heavy atom. The first-order valence-electron chi connectivity index (χ1n) is 3.11. The maximum absolute atomic E-state index is 10.8. The van der Waals surface area contributed by atoms with Gasteiger partial charge in [0.15, 0.2) is 0 Å². The van der Waals surface area contributed by atoms with Crippen LogP contribution < -0.4 is 29.6 Å². The summed E-state index contributed by atoms with van der Waals surface area (Å²) in [4.78, 5) is 10.8. The minimum Gasteiger partial charge on any atom is -1.00 e. The van der Waals surface area contributed by atoms with Crippen LogP contribution in [-0.4, -0.2) is 18.2 Å². The molecule has 60 valence electrons. The first-order valence-corrected chi connectivity index (χ1v) is 3.11. The average Bonchev–Trinajstić information content (AvgIpc) is 2.05. The van der Waals surface area contributed by atoms with Crippen LogP contribution in [0.4, 0.5) is 0 Å². The predicted molar refractivity (Wildman–Crippen MR) is 40.6 cm³/mol. The molecule has 1 N–H and O–H groups in total. The van der Waals surface area contributed by atoms with Crippen LogP contribution in [0.15, 0.2) is 24.3 Å². The van der Waals surface area contributed by atoms with E-state index in [1.807, 2.05) is 0 Å². The Morgan fingerprint density at radius 3 is 2.33 bits per heavy atom. The van der Waals surface area contributed by atoms with Crippen molar-refractivity contribution >= 4 is 5.97 Å². The molecule has 0 heterocycles. The number of carbonyl (C=O) groups is 1. The van der Waals surface area contributed by atoms with Gasteiger partial charge in [-0.2, -0.15) is 0 Å². The van der Waals surface area contributed by atoms with Crippen molar-refractivity contribution in [1.82, 2.24) is 0 Å². The number of hydrogen-bond acceptors (Lipinski definition) is 3. The van der Waals surface area contributed by atoms with Crippen molar-refractivity contribution in [3.05, 3.63) is 29.8 Å². The quantitative estimate of drug-likeness (QED) is 0.409. The molecule has 12 heavy (non-hydrogen) atoms. The molecule has 0 amide bonds. The molecule has 0 aliphatic rings. The molecule has 4 heteroatoms. The summed E-state index contributed by atoms with van der Waals surface area (Å²) in [6.07, 6.45) is 0. The van der Waals surface area contributed by atoms with E-state index in [0.717, 1.165) is 0 Å². The second-order valence-corrected chi connectivity index (χ2v) is 2.04. The van der Waals surface area contributed by atoms with Crippen molar-refractivity contribution in [1.29, 1.82) is 0 Å². The molecule has 0 atom stereocenters. The molecule has 1 aromatic rings. The Morgan fingerprint density at radius 1 is 1.42 bits per heavy atom. The molecule has 3 nitrogen and oxygen atoms in total. The summed E-state index contributed by atoms with van der Waals surface area (Å²) in [7, 11) is 1.31. The van der Waals surface area contributed by atoms with Crippen LogP contribution in [-0.2, 0) is 4.74 Å². The average molecular weight is 176 g/mol. The van der Waals surface area contributed by atoms with Gasteiger partial charge in [-0.05, 0) is 24.3 Å². The van der Waals surface area contributed by atoms with E-state index in [1.54, 1.807) is 0 Å². The fourth-order valence-corrected chi connectivity index (χ4v) is 0.715. The van der Waals surface area contributed by atoms with Crippen molar-refractivity contribution in [2.45, 2.75) is 0 Å². The Labute approximate surface area is 94.1 Å². The van der Waals surface area contributed by atoms with Gasteiger partial charge in [0.1, 0.15) is 5.75 Å². The Hall–Kier alpha value is -0.510. The molecule has 0 aliphatic carbocycles. The Bertz CT molecular complexity index is 261. The molecule has 0 aromatic heterocycles. The molecule has 0 unspecified atom stereocenters. The first-order chi connectivity index (χ1) is 5.24. The van der Waals surface area contributed by atoms with Crippen molar-refractivity contribution in [2.24, 2.45) is 0 Å². The number of phenolic OH excluding ortho intramolecular Hbond substituents is 1. The molecule has 0 aliphatic heterocycles. The minimum atomic E-state index is -0.398. The molecular formula is C8H9NaO3. The van der Waals surface area contributed by atoms with Gasteiger partial charge in [0, 0.05) is 0 Å². The van der Waals surface area contributed by atoms with E-state index in [9.17, 15) is 4.79 Å². The van der Waals surface area contributed by atoms with Gasteiger partial charge in [0.05, 0.1) is 12.7 Å². The van der Waals surface area contributed by atoms with Gasteiger partial charge in [-0.3, -0.25) is 0 Å².